The Morgan fingerprint density at radius 2 is 1.77 bits per heavy atom. The van der Waals surface area contributed by atoms with Gasteiger partial charge in [-0.15, -0.1) is 0 Å². The molecule has 3 aromatic rings. The fraction of sp³-hybridized carbons (Fsp3) is 0.240. The molecule has 2 aromatic carbocycles. The van der Waals surface area contributed by atoms with E-state index in [4.69, 9.17) is 0 Å². The van der Waals surface area contributed by atoms with Crippen molar-refractivity contribution in [2.75, 3.05) is 19.6 Å². The second-order valence-corrected chi connectivity index (χ2v) is 8.98. The Morgan fingerprint density at radius 3 is 2.57 bits per heavy atom. The van der Waals surface area contributed by atoms with Crippen molar-refractivity contribution in [2.45, 2.75) is 18.9 Å². The first kappa shape index (κ1) is 21.4. The predicted octanol–water partition coefficient (Wildman–Crippen LogP) is 2.43. The highest BCUT2D eigenvalue weighted by atomic mass is 19.1. The molecule has 10 heteroatoms. The summed E-state index contributed by atoms with van der Waals surface area (Å²) < 4.78 is 13.5. The summed E-state index contributed by atoms with van der Waals surface area (Å²) in [6.07, 6.45) is 1.72. The molecule has 0 atom stereocenters. The van der Waals surface area contributed by atoms with Gasteiger partial charge in [-0.3, -0.25) is 29.6 Å². The summed E-state index contributed by atoms with van der Waals surface area (Å²) in [5, 5.41) is 4.87. The van der Waals surface area contributed by atoms with Crippen molar-refractivity contribution >= 4 is 34.7 Å². The number of carbonyl (C=O) groups is 4. The van der Waals surface area contributed by atoms with Crippen LogP contribution in [-0.2, 0) is 11.3 Å². The smallest absolute Gasteiger partial charge is 0.298 e. The Hall–Kier alpha value is -4.18. The molecular formula is C25H20FN5O4. The lowest BCUT2D eigenvalue weighted by Crippen LogP contribution is -2.58. The number of urea groups is 1. The Balaban J connectivity index is 1.16. The zero-order valence-corrected chi connectivity index (χ0v) is 18.5. The van der Waals surface area contributed by atoms with Gasteiger partial charge in [-0.05, 0) is 41.5 Å². The van der Waals surface area contributed by atoms with E-state index in [1.807, 2.05) is 12.1 Å². The van der Waals surface area contributed by atoms with Crippen LogP contribution in [0.5, 0.6) is 0 Å². The van der Waals surface area contributed by atoms with Crippen LogP contribution in [0.1, 0.15) is 44.2 Å². The third kappa shape index (κ3) is 3.53. The number of rotatable bonds is 4. The summed E-state index contributed by atoms with van der Waals surface area (Å²) in [5.41, 5.74) is 3.14. The van der Waals surface area contributed by atoms with E-state index < -0.39 is 23.8 Å². The van der Waals surface area contributed by atoms with Crippen LogP contribution in [0.15, 0.2) is 48.7 Å². The number of hydrogen-bond donors (Lipinski definition) is 1. The van der Waals surface area contributed by atoms with Gasteiger partial charge in [0.2, 0.25) is 5.91 Å². The largest absolute Gasteiger partial charge is 0.343 e. The van der Waals surface area contributed by atoms with Crippen LogP contribution >= 0.6 is 0 Å². The number of hydrogen-bond acceptors (Lipinski definition) is 6. The molecule has 1 aromatic heterocycles. The number of benzene rings is 2. The zero-order chi connectivity index (χ0) is 24.3. The quantitative estimate of drug-likeness (QED) is 0.584. The summed E-state index contributed by atoms with van der Waals surface area (Å²) in [6, 6.07) is 11.0. The second kappa shape index (κ2) is 7.95. The van der Waals surface area contributed by atoms with Gasteiger partial charge in [0.25, 0.3) is 11.8 Å². The molecule has 9 nitrogen and oxygen atoms in total. The highest BCUT2D eigenvalue weighted by molar-refractivity contribution is 6.22. The highest BCUT2D eigenvalue weighted by Gasteiger charge is 2.43. The van der Waals surface area contributed by atoms with E-state index in [0.29, 0.717) is 18.0 Å². The number of carbonyl (C=O) groups excluding carboxylic acids is 4. The molecule has 0 saturated carbocycles. The van der Waals surface area contributed by atoms with Crippen molar-refractivity contribution in [1.29, 1.82) is 0 Å². The maximum absolute atomic E-state index is 13.5. The summed E-state index contributed by atoms with van der Waals surface area (Å²) >= 11 is 0. The lowest BCUT2D eigenvalue weighted by molar-refractivity contribution is -0.122. The van der Waals surface area contributed by atoms with E-state index in [0.717, 1.165) is 39.6 Å². The molecule has 3 aliphatic rings. The average Bonchev–Trinajstić information content (AvgIpc) is 3.05. The Labute approximate surface area is 199 Å². The van der Waals surface area contributed by atoms with E-state index >= 15 is 0 Å². The molecule has 176 valence electrons. The molecule has 5 amide bonds. The van der Waals surface area contributed by atoms with Crippen molar-refractivity contribution in [3.63, 3.8) is 0 Å². The van der Waals surface area contributed by atoms with Crippen molar-refractivity contribution in [2.24, 2.45) is 0 Å². The molecule has 0 spiro atoms. The molecule has 6 rings (SSSR count). The number of amides is 5. The first-order valence-electron chi connectivity index (χ1n) is 11.3. The summed E-state index contributed by atoms with van der Waals surface area (Å²) in [6.45, 7) is 2.17. The molecule has 0 radical (unpaired) electrons. The Kier molecular flexibility index (Phi) is 4.85. The van der Waals surface area contributed by atoms with Gasteiger partial charge in [-0.1, -0.05) is 6.07 Å². The molecule has 2 fully saturated rings. The topological polar surface area (TPSA) is 103 Å². The summed E-state index contributed by atoms with van der Waals surface area (Å²) in [5.74, 6) is -1.61. The third-order valence-electron chi connectivity index (χ3n) is 6.74. The van der Waals surface area contributed by atoms with Crippen LogP contribution < -0.4 is 5.32 Å². The number of nitrogens with one attached hydrogen (secondary N) is 1. The monoisotopic (exact) mass is 473 g/mol. The minimum absolute atomic E-state index is 0.0161. The first-order valence-corrected chi connectivity index (χ1v) is 11.3. The molecule has 1 N–H and O–H groups in total. The minimum Gasteiger partial charge on any atom is -0.298 e. The van der Waals surface area contributed by atoms with Crippen LogP contribution in [0.3, 0.4) is 0 Å². The SMILES string of the molecule is O=C1CCN(N2C(=O)c3ccc(CN4CC(c5ccnc6cc(F)ccc56)C4)cc3C2=O)C(=O)N1. The molecule has 0 bridgehead atoms. The third-order valence-corrected chi connectivity index (χ3v) is 6.74. The number of aromatic nitrogens is 1. The van der Waals surface area contributed by atoms with Gasteiger partial charge in [0.15, 0.2) is 0 Å². The van der Waals surface area contributed by atoms with Crippen LogP contribution in [0.2, 0.25) is 0 Å². The lowest BCUT2D eigenvalue weighted by Gasteiger charge is -2.40. The summed E-state index contributed by atoms with van der Waals surface area (Å²) in [7, 11) is 0. The second-order valence-electron chi connectivity index (χ2n) is 8.98. The number of hydrazine groups is 1. The first-order chi connectivity index (χ1) is 16.9. The van der Waals surface area contributed by atoms with Crippen LogP contribution in [0.25, 0.3) is 10.9 Å². The van der Waals surface area contributed by atoms with Crippen LogP contribution in [0.4, 0.5) is 9.18 Å². The summed E-state index contributed by atoms with van der Waals surface area (Å²) in [4.78, 5) is 55.9. The van der Waals surface area contributed by atoms with Gasteiger partial charge in [0, 0.05) is 49.6 Å². The van der Waals surface area contributed by atoms with Crippen molar-refractivity contribution in [3.8, 4) is 0 Å². The molecule has 4 heterocycles. The predicted molar refractivity (Wildman–Crippen MR) is 122 cm³/mol. The number of fused-ring (bicyclic) bond motifs is 2. The standard InChI is InChI=1S/C25H20FN5O4/c26-16-2-4-18-17(5-7-27-21(18)10-16)15-12-29(13-15)11-14-1-3-19-20(9-14)24(34)31(23(19)33)30-8-6-22(32)28-25(30)35/h1-5,7,9-10,15H,6,8,11-13H2,(H,28,32,35). The van der Waals surface area contributed by atoms with Gasteiger partial charge < -0.3 is 0 Å². The minimum atomic E-state index is -0.783. The van der Waals surface area contributed by atoms with E-state index in [2.05, 4.69) is 15.2 Å². The van der Waals surface area contributed by atoms with Gasteiger partial charge >= 0.3 is 6.03 Å². The maximum Gasteiger partial charge on any atom is 0.343 e. The highest BCUT2D eigenvalue weighted by Crippen LogP contribution is 2.33. The van der Waals surface area contributed by atoms with E-state index in [-0.39, 0.29) is 29.9 Å². The van der Waals surface area contributed by atoms with Gasteiger partial charge in [-0.2, -0.15) is 5.01 Å². The Morgan fingerprint density at radius 1 is 0.971 bits per heavy atom. The number of halogens is 1. The number of nitrogens with zero attached hydrogens (tertiary/aromatic N) is 4. The fourth-order valence-corrected chi connectivity index (χ4v) is 4.99. The maximum atomic E-state index is 13.5. The van der Waals surface area contributed by atoms with Gasteiger partial charge in [0.05, 0.1) is 23.2 Å². The van der Waals surface area contributed by atoms with Crippen LogP contribution in [-0.4, -0.2) is 63.3 Å². The van der Waals surface area contributed by atoms with Crippen molar-refractivity contribution < 1.29 is 23.6 Å². The number of pyridine rings is 1. The molecule has 2 saturated heterocycles. The van der Waals surface area contributed by atoms with E-state index in [1.165, 1.54) is 12.1 Å². The van der Waals surface area contributed by atoms with Gasteiger partial charge in [0.1, 0.15) is 5.82 Å². The Bertz CT molecular complexity index is 1430. The molecule has 3 aliphatic heterocycles. The van der Waals surface area contributed by atoms with Gasteiger partial charge in [-0.25, -0.2) is 14.2 Å². The number of likely N-dealkylation sites (tertiary alicyclic amines) is 1. The normalized spacial score (nSPS) is 18.8. The molecular weight excluding hydrogens is 453 g/mol. The fourth-order valence-electron chi connectivity index (χ4n) is 4.99. The average molecular weight is 473 g/mol. The van der Waals surface area contributed by atoms with E-state index in [1.54, 1.807) is 24.4 Å². The number of imide groups is 2. The lowest BCUT2D eigenvalue weighted by atomic mass is 9.88. The zero-order valence-electron chi connectivity index (χ0n) is 18.5. The van der Waals surface area contributed by atoms with E-state index in [9.17, 15) is 23.6 Å². The van der Waals surface area contributed by atoms with Crippen molar-refractivity contribution in [3.05, 3.63) is 76.7 Å². The molecule has 0 unspecified atom stereocenters. The molecule has 35 heavy (non-hydrogen) atoms. The molecule has 0 aliphatic carbocycles. The van der Waals surface area contributed by atoms with Crippen LogP contribution in [0, 0.1) is 5.82 Å². The van der Waals surface area contributed by atoms with Crippen molar-refractivity contribution in [1.82, 2.24) is 25.2 Å².